The maximum Gasteiger partial charge on any atom is 0.229 e. The summed E-state index contributed by atoms with van der Waals surface area (Å²) in [6, 6.07) is 8.63. The second-order valence-corrected chi connectivity index (χ2v) is 6.41. The van der Waals surface area contributed by atoms with E-state index in [1.54, 1.807) is 0 Å². The van der Waals surface area contributed by atoms with Gasteiger partial charge in [-0.2, -0.15) is 0 Å². The van der Waals surface area contributed by atoms with Crippen molar-refractivity contribution < 1.29 is 9.53 Å². The highest BCUT2D eigenvalue weighted by Gasteiger charge is 2.38. The number of hydrogen-bond donors (Lipinski definition) is 2. The van der Waals surface area contributed by atoms with E-state index in [0.29, 0.717) is 12.1 Å². The summed E-state index contributed by atoms with van der Waals surface area (Å²) in [7, 11) is 0. The minimum Gasteiger partial charge on any atom is -0.491 e. The number of rotatable bonds is 4. The van der Waals surface area contributed by atoms with Crippen LogP contribution in [0.4, 0.5) is 5.69 Å². The van der Waals surface area contributed by atoms with Crippen LogP contribution in [-0.2, 0) is 4.79 Å². The van der Waals surface area contributed by atoms with Crippen LogP contribution >= 0.6 is 12.4 Å². The van der Waals surface area contributed by atoms with Crippen molar-refractivity contribution in [2.24, 2.45) is 5.92 Å². The second-order valence-electron chi connectivity index (χ2n) is 6.41. The number of nitrogens with one attached hydrogen (secondary N) is 2. The van der Waals surface area contributed by atoms with Gasteiger partial charge in [-0.3, -0.25) is 4.79 Å². The van der Waals surface area contributed by atoms with Gasteiger partial charge in [0, 0.05) is 17.8 Å². The number of ether oxygens (including phenoxy) is 1. The van der Waals surface area contributed by atoms with E-state index in [0.717, 1.165) is 30.7 Å². The summed E-state index contributed by atoms with van der Waals surface area (Å²) >= 11 is 0. The molecule has 0 saturated carbocycles. The predicted molar refractivity (Wildman–Crippen MR) is 90.8 cm³/mol. The molecule has 3 atom stereocenters. The molecule has 2 heterocycles. The molecule has 5 heteroatoms. The van der Waals surface area contributed by atoms with Crippen molar-refractivity contribution in [3.05, 3.63) is 24.3 Å². The fourth-order valence-corrected chi connectivity index (χ4v) is 3.41. The normalized spacial score (nSPS) is 26.4. The van der Waals surface area contributed by atoms with Gasteiger partial charge in [0.25, 0.3) is 0 Å². The van der Waals surface area contributed by atoms with Crippen LogP contribution < -0.4 is 15.4 Å². The minimum atomic E-state index is 0. The SMILES string of the molecule is CC(C)Oc1ccc(NC(=O)[C@@H]2CC[C@@H]3CC[C@H]2N3)cc1.Cl. The molecule has 1 aromatic carbocycles. The number of anilines is 1. The fraction of sp³-hybridized carbons (Fsp3) is 0.588. The Hall–Kier alpha value is -1.26. The summed E-state index contributed by atoms with van der Waals surface area (Å²) in [5.41, 5.74) is 0.844. The zero-order chi connectivity index (χ0) is 14.8. The van der Waals surface area contributed by atoms with E-state index in [1.165, 1.54) is 6.42 Å². The van der Waals surface area contributed by atoms with Gasteiger partial charge >= 0.3 is 0 Å². The molecule has 0 aromatic heterocycles. The van der Waals surface area contributed by atoms with Crippen molar-refractivity contribution in [2.75, 3.05) is 5.32 Å². The first kappa shape index (κ1) is 17.1. The van der Waals surface area contributed by atoms with Gasteiger partial charge in [0.2, 0.25) is 5.91 Å². The smallest absolute Gasteiger partial charge is 0.229 e. The van der Waals surface area contributed by atoms with Crippen molar-refractivity contribution in [3.8, 4) is 5.75 Å². The number of carbonyl (C=O) groups excluding carboxylic acids is 1. The molecule has 2 saturated heterocycles. The van der Waals surface area contributed by atoms with Crippen molar-refractivity contribution in [3.63, 3.8) is 0 Å². The van der Waals surface area contributed by atoms with Gasteiger partial charge in [-0.25, -0.2) is 0 Å². The van der Waals surface area contributed by atoms with Crippen LogP contribution in [0.2, 0.25) is 0 Å². The number of fused-ring (bicyclic) bond motifs is 2. The third-order valence-electron chi connectivity index (χ3n) is 4.42. The van der Waals surface area contributed by atoms with Gasteiger partial charge in [-0.15, -0.1) is 12.4 Å². The van der Waals surface area contributed by atoms with E-state index in [4.69, 9.17) is 4.74 Å². The number of carbonyl (C=O) groups is 1. The van der Waals surface area contributed by atoms with Crippen LogP contribution in [0.1, 0.15) is 39.5 Å². The van der Waals surface area contributed by atoms with Gasteiger partial charge in [0.15, 0.2) is 0 Å². The molecule has 0 unspecified atom stereocenters. The van der Waals surface area contributed by atoms with E-state index in [1.807, 2.05) is 38.1 Å². The van der Waals surface area contributed by atoms with Gasteiger partial charge in [0.05, 0.1) is 12.0 Å². The average Bonchev–Trinajstić information content (AvgIpc) is 2.82. The number of piperidine rings is 1. The Kier molecular flexibility index (Phi) is 5.70. The highest BCUT2D eigenvalue weighted by atomic mass is 35.5. The average molecular weight is 325 g/mol. The molecule has 4 nitrogen and oxygen atoms in total. The summed E-state index contributed by atoms with van der Waals surface area (Å²) in [4.78, 5) is 12.4. The molecule has 122 valence electrons. The Morgan fingerprint density at radius 1 is 1.18 bits per heavy atom. The van der Waals surface area contributed by atoms with Crippen molar-refractivity contribution in [2.45, 2.75) is 57.7 Å². The number of benzene rings is 1. The summed E-state index contributed by atoms with van der Waals surface area (Å²) in [5.74, 6) is 1.08. The summed E-state index contributed by atoms with van der Waals surface area (Å²) in [6.45, 7) is 4.00. The van der Waals surface area contributed by atoms with Crippen molar-refractivity contribution in [1.82, 2.24) is 5.32 Å². The molecule has 2 bridgehead atoms. The van der Waals surface area contributed by atoms with E-state index < -0.39 is 0 Å². The number of halogens is 1. The Balaban J connectivity index is 0.00000176. The molecular weight excluding hydrogens is 300 g/mol. The minimum absolute atomic E-state index is 0. The molecule has 2 N–H and O–H groups in total. The lowest BCUT2D eigenvalue weighted by Crippen LogP contribution is -2.45. The Morgan fingerprint density at radius 3 is 2.55 bits per heavy atom. The maximum absolute atomic E-state index is 12.4. The van der Waals surface area contributed by atoms with Gasteiger partial charge < -0.3 is 15.4 Å². The van der Waals surface area contributed by atoms with Crippen LogP contribution in [0, 0.1) is 5.92 Å². The van der Waals surface area contributed by atoms with Crippen LogP contribution in [-0.4, -0.2) is 24.1 Å². The Morgan fingerprint density at radius 2 is 1.86 bits per heavy atom. The standard InChI is InChI=1S/C17H24N2O2.ClH/c1-11(2)21-14-7-3-13(4-8-14)19-17(20)15-9-5-12-6-10-16(15)18-12;/h3-4,7-8,11-12,15-16,18H,5-6,9-10H2,1-2H3,(H,19,20);1H/t12-,15-,16-;/m1./s1. The molecule has 2 fully saturated rings. The maximum atomic E-state index is 12.4. The first-order valence-corrected chi connectivity index (χ1v) is 7.95. The lowest BCUT2D eigenvalue weighted by Gasteiger charge is -2.29. The predicted octanol–water partition coefficient (Wildman–Crippen LogP) is 3.36. The molecule has 1 amide bonds. The molecular formula is C17H25ClN2O2. The van der Waals surface area contributed by atoms with Crippen molar-refractivity contribution >= 4 is 24.0 Å². The number of amides is 1. The van der Waals surface area contributed by atoms with E-state index in [9.17, 15) is 4.79 Å². The molecule has 2 aliphatic rings. The molecule has 2 aliphatic heterocycles. The van der Waals surface area contributed by atoms with Crippen LogP contribution in [0.3, 0.4) is 0 Å². The van der Waals surface area contributed by atoms with Crippen LogP contribution in [0.25, 0.3) is 0 Å². The van der Waals surface area contributed by atoms with E-state index in [2.05, 4.69) is 10.6 Å². The van der Waals surface area contributed by atoms with E-state index in [-0.39, 0.29) is 30.3 Å². The molecule has 0 radical (unpaired) electrons. The third-order valence-corrected chi connectivity index (χ3v) is 4.42. The molecule has 0 spiro atoms. The van der Waals surface area contributed by atoms with Gasteiger partial charge in [-0.1, -0.05) is 0 Å². The van der Waals surface area contributed by atoms with E-state index >= 15 is 0 Å². The highest BCUT2D eigenvalue weighted by Crippen LogP contribution is 2.32. The zero-order valence-electron chi connectivity index (χ0n) is 13.2. The van der Waals surface area contributed by atoms with Crippen molar-refractivity contribution in [1.29, 1.82) is 0 Å². The largest absolute Gasteiger partial charge is 0.491 e. The second kappa shape index (κ2) is 7.34. The fourth-order valence-electron chi connectivity index (χ4n) is 3.41. The topological polar surface area (TPSA) is 50.4 Å². The molecule has 3 rings (SSSR count). The number of hydrogen-bond acceptors (Lipinski definition) is 3. The molecule has 1 aromatic rings. The first-order chi connectivity index (χ1) is 10.1. The first-order valence-electron chi connectivity index (χ1n) is 7.95. The Labute approximate surface area is 138 Å². The summed E-state index contributed by atoms with van der Waals surface area (Å²) in [6.07, 6.45) is 4.63. The molecule has 22 heavy (non-hydrogen) atoms. The van der Waals surface area contributed by atoms with Crippen LogP contribution in [0.15, 0.2) is 24.3 Å². The van der Waals surface area contributed by atoms with Crippen LogP contribution in [0.5, 0.6) is 5.75 Å². The lowest BCUT2D eigenvalue weighted by atomic mass is 9.91. The summed E-state index contributed by atoms with van der Waals surface area (Å²) in [5, 5.41) is 6.60. The highest BCUT2D eigenvalue weighted by molar-refractivity contribution is 5.93. The quantitative estimate of drug-likeness (QED) is 0.893. The third kappa shape index (κ3) is 3.93. The molecule has 0 aliphatic carbocycles. The zero-order valence-corrected chi connectivity index (χ0v) is 14.0. The Bertz CT molecular complexity index is 504. The van der Waals surface area contributed by atoms with Gasteiger partial charge in [0.1, 0.15) is 5.75 Å². The summed E-state index contributed by atoms with van der Waals surface area (Å²) < 4.78 is 5.61. The van der Waals surface area contributed by atoms with Gasteiger partial charge in [-0.05, 0) is 63.8 Å². The monoisotopic (exact) mass is 324 g/mol. The lowest BCUT2D eigenvalue weighted by molar-refractivity contribution is -0.121.